The zero-order valence-corrected chi connectivity index (χ0v) is 19.2. The lowest BCUT2D eigenvalue weighted by atomic mass is 9.88. The highest BCUT2D eigenvalue weighted by molar-refractivity contribution is 5.92. The fourth-order valence-electron chi connectivity index (χ4n) is 4.66. The molecule has 0 saturated carbocycles. The summed E-state index contributed by atoms with van der Waals surface area (Å²) in [5, 5.41) is 2.92. The standard InChI is InChI=1S/C25H31N3O5/c1-31-19-6-7-22(32-2)18(15-19)16-23(29)28-13-10-25(11-14-28)9-8-20(33-25)17-27-24(30)21-5-3-4-12-26-21/h3-7,12,15,20H,8-11,13-14,16-17H2,1-2H3,(H,27,30). The maximum Gasteiger partial charge on any atom is 0.269 e. The second kappa shape index (κ2) is 10.2. The van der Waals surface area contributed by atoms with Crippen LogP contribution in [-0.2, 0) is 16.0 Å². The summed E-state index contributed by atoms with van der Waals surface area (Å²) in [7, 11) is 3.21. The van der Waals surface area contributed by atoms with Crippen LogP contribution in [0.15, 0.2) is 42.6 Å². The Morgan fingerprint density at radius 2 is 1.97 bits per heavy atom. The van der Waals surface area contributed by atoms with Crippen LogP contribution in [0.5, 0.6) is 11.5 Å². The van der Waals surface area contributed by atoms with E-state index in [1.54, 1.807) is 38.6 Å². The van der Waals surface area contributed by atoms with Gasteiger partial charge in [0.2, 0.25) is 5.91 Å². The van der Waals surface area contributed by atoms with Crippen LogP contribution in [0.25, 0.3) is 0 Å². The number of hydrogen-bond donors (Lipinski definition) is 1. The van der Waals surface area contributed by atoms with E-state index >= 15 is 0 Å². The van der Waals surface area contributed by atoms with Gasteiger partial charge in [-0.1, -0.05) is 6.07 Å². The van der Waals surface area contributed by atoms with Crippen LogP contribution >= 0.6 is 0 Å². The molecule has 2 aliphatic heterocycles. The highest BCUT2D eigenvalue weighted by Gasteiger charge is 2.43. The molecule has 0 bridgehead atoms. The average molecular weight is 454 g/mol. The van der Waals surface area contributed by atoms with Crippen molar-refractivity contribution >= 4 is 11.8 Å². The molecule has 4 rings (SSSR count). The van der Waals surface area contributed by atoms with E-state index in [1.165, 1.54) is 0 Å². The number of amides is 2. The molecule has 2 aliphatic rings. The van der Waals surface area contributed by atoms with E-state index in [0.717, 1.165) is 31.2 Å². The number of piperidine rings is 1. The fraction of sp³-hybridized carbons (Fsp3) is 0.480. The largest absolute Gasteiger partial charge is 0.497 e. The number of aromatic nitrogens is 1. The van der Waals surface area contributed by atoms with Gasteiger partial charge in [-0.15, -0.1) is 0 Å². The van der Waals surface area contributed by atoms with Crippen molar-refractivity contribution < 1.29 is 23.8 Å². The van der Waals surface area contributed by atoms with Crippen LogP contribution in [0.1, 0.15) is 41.7 Å². The monoisotopic (exact) mass is 453 g/mol. The van der Waals surface area contributed by atoms with E-state index in [1.807, 2.05) is 23.1 Å². The van der Waals surface area contributed by atoms with Gasteiger partial charge in [0.05, 0.1) is 32.3 Å². The molecule has 0 radical (unpaired) electrons. The minimum Gasteiger partial charge on any atom is -0.497 e. The number of methoxy groups -OCH3 is 2. The van der Waals surface area contributed by atoms with Crippen molar-refractivity contribution in [1.29, 1.82) is 0 Å². The molecule has 176 valence electrons. The number of benzene rings is 1. The normalized spacial score (nSPS) is 19.3. The van der Waals surface area contributed by atoms with Gasteiger partial charge in [-0.25, -0.2) is 0 Å². The van der Waals surface area contributed by atoms with Crippen molar-refractivity contribution in [1.82, 2.24) is 15.2 Å². The summed E-state index contributed by atoms with van der Waals surface area (Å²) in [5.74, 6) is 1.28. The lowest BCUT2D eigenvalue weighted by molar-refractivity contribution is -0.136. The molecule has 1 atom stereocenters. The zero-order valence-electron chi connectivity index (χ0n) is 19.2. The molecule has 8 heteroatoms. The molecule has 1 aromatic carbocycles. The highest BCUT2D eigenvalue weighted by atomic mass is 16.5. The number of likely N-dealkylation sites (tertiary alicyclic amines) is 1. The smallest absolute Gasteiger partial charge is 0.269 e. The number of pyridine rings is 1. The number of carbonyl (C=O) groups is 2. The summed E-state index contributed by atoms with van der Waals surface area (Å²) in [5.41, 5.74) is 1.03. The Morgan fingerprint density at radius 3 is 2.67 bits per heavy atom. The van der Waals surface area contributed by atoms with E-state index in [9.17, 15) is 9.59 Å². The summed E-state index contributed by atoms with van der Waals surface area (Å²) in [4.78, 5) is 31.2. The fourth-order valence-corrected chi connectivity index (χ4v) is 4.66. The second-order valence-electron chi connectivity index (χ2n) is 8.62. The maximum absolute atomic E-state index is 13.0. The number of nitrogens with one attached hydrogen (secondary N) is 1. The van der Waals surface area contributed by atoms with Crippen molar-refractivity contribution in [3.8, 4) is 11.5 Å². The first kappa shape index (κ1) is 23.0. The van der Waals surface area contributed by atoms with Gasteiger partial charge in [-0.2, -0.15) is 0 Å². The van der Waals surface area contributed by atoms with Crippen LogP contribution in [0.3, 0.4) is 0 Å². The number of nitrogens with zero attached hydrogens (tertiary/aromatic N) is 2. The summed E-state index contributed by atoms with van der Waals surface area (Å²) in [6.07, 6.45) is 5.32. The van der Waals surface area contributed by atoms with Crippen molar-refractivity contribution in [3.05, 3.63) is 53.9 Å². The van der Waals surface area contributed by atoms with E-state index < -0.39 is 0 Å². The molecule has 2 fully saturated rings. The lowest BCUT2D eigenvalue weighted by Gasteiger charge is -2.39. The van der Waals surface area contributed by atoms with Crippen molar-refractivity contribution in [2.24, 2.45) is 0 Å². The Labute approximate surface area is 194 Å². The van der Waals surface area contributed by atoms with E-state index in [2.05, 4.69) is 10.3 Å². The molecule has 2 amide bonds. The lowest BCUT2D eigenvalue weighted by Crippen LogP contribution is -2.47. The molecule has 1 unspecified atom stereocenters. The van der Waals surface area contributed by atoms with E-state index in [-0.39, 0.29) is 29.9 Å². The van der Waals surface area contributed by atoms with Gasteiger partial charge in [-0.05, 0) is 56.0 Å². The van der Waals surface area contributed by atoms with Crippen molar-refractivity contribution in [2.75, 3.05) is 33.9 Å². The third kappa shape index (κ3) is 5.45. The molecule has 1 aromatic heterocycles. The average Bonchev–Trinajstić information content (AvgIpc) is 3.25. The number of hydrogen-bond acceptors (Lipinski definition) is 6. The van der Waals surface area contributed by atoms with Crippen LogP contribution < -0.4 is 14.8 Å². The van der Waals surface area contributed by atoms with Crippen LogP contribution in [-0.4, -0.2) is 67.3 Å². The Morgan fingerprint density at radius 1 is 1.15 bits per heavy atom. The van der Waals surface area contributed by atoms with Crippen molar-refractivity contribution in [2.45, 2.75) is 43.8 Å². The topological polar surface area (TPSA) is 90.0 Å². The molecular weight excluding hydrogens is 422 g/mol. The minimum atomic E-state index is -0.204. The molecule has 2 aromatic rings. The Balaban J connectivity index is 1.26. The highest BCUT2D eigenvalue weighted by Crippen LogP contribution is 2.39. The minimum absolute atomic E-state index is 0.0130. The van der Waals surface area contributed by atoms with E-state index in [4.69, 9.17) is 14.2 Å². The molecule has 2 saturated heterocycles. The van der Waals surface area contributed by atoms with Crippen molar-refractivity contribution in [3.63, 3.8) is 0 Å². The summed E-state index contributed by atoms with van der Waals surface area (Å²) in [6, 6.07) is 10.8. The van der Waals surface area contributed by atoms with Crippen LogP contribution in [0.2, 0.25) is 0 Å². The molecule has 1 spiro atoms. The molecule has 33 heavy (non-hydrogen) atoms. The Bertz CT molecular complexity index is 973. The predicted molar refractivity (Wildman–Crippen MR) is 122 cm³/mol. The van der Waals surface area contributed by atoms with Gasteiger partial charge in [0.15, 0.2) is 0 Å². The van der Waals surface area contributed by atoms with Gasteiger partial charge < -0.3 is 24.4 Å². The Hall–Kier alpha value is -3.13. The van der Waals surface area contributed by atoms with Gasteiger partial charge in [0, 0.05) is 31.4 Å². The predicted octanol–water partition coefficient (Wildman–Crippen LogP) is 2.61. The van der Waals surface area contributed by atoms with Crippen LogP contribution in [0.4, 0.5) is 0 Å². The first-order chi connectivity index (χ1) is 16.0. The summed E-state index contributed by atoms with van der Waals surface area (Å²) in [6.45, 7) is 1.80. The Kier molecular flexibility index (Phi) is 7.13. The van der Waals surface area contributed by atoms with Gasteiger partial charge in [-0.3, -0.25) is 14.6 Å². The molecular formula is C25H31N3O5. The molecule has 8 nitrogen and oxygen atoms in total. The summed E-state index contributed by atoms with van der Waals surface area (Å²) < 4.78 is 17.1. The van der Waals surface area contributed by atoms with Gasteiger partial charge in [0.1, 0.15) is 17.2 Å². The van der Waals surface area contributed by atoms with Gasteiger partial charge >= 0.3 is 0 Å². The van der Waals surface area contributed by atoms with Crippen LogP contribution in [0, 0.1) is 0 Å². The third-order valence-electron chi connectivity index (χ3n) is 6.58. The first-order valence-electron chi connectivity index (χ1n) is 11.4. The number of carbonyl (C=O) groups excluding carboxylic acids is 2. The third-order valence-corrected chi connectivity index (χ3v) is 6.58. The zero-order chi connectivity index (χ0) is 23.3. The second-order valence-corrected chi connectivity index (χ2v) is 8.62. The van der Waals surface area contributed by atoms with E-state index in [0.29, 0.717) is 36.8 Å². The molecule has 1 N–H and O–H groups in total. The number of rotatable bonds is 7. The number of ether oxygens (including phenoxy) is 3. The first-order valence-corrected chi connectivity index (χ1v) is 11.4. The SMILES string of the molecule is COc1ccc(OC)c(CC(=O)N2CCC3(CCC(CNC(=O)c4ccccn4)O3)CC2)c1. The molecule has 3 heterocycles. The maximum atomic E-state index is 13.0. The van der Waals surface area contributed by atoms with Gasteiger partial charge in [0.25, 0.3) is 5.91 Å². The summed E-state index contributed by atoms with van der Waals surface area (Å²) >= 11 is 0. The quantitative estimate of drug-likeness (QED) is 0.693. The molecule has 0 aliphatic carbocycles.